The Morgan fingerprint density at radius 1 is 1.35 bits per heavy atom. The van der Waals surface area contributed by atoms with Crippen LogP contribution in [-0.4, -0.2) is 52.6 Å². The summed E-state index contributed by atoms with van der Waals surface area (Å²) < 4.78 is 12.0. The van der Waals surface area contributed by atoms with Gasteiger partial charge < -0.3 is 15.5 Å². The summed E-state index contributed by atoms with van der Waals surface area (Å²) in [5.74, 6) is -0.833. The summed E-state index contributed by atoms with van der Waals surface area (Å²) in [5, 5.41) is 22.2. The Balaban J connectivity index is 0.000000796. The Hall–Kier alpha value is -1.77. The topological polar surface area (TPSA) is 119 Å². The monoisotopic (exact) mass is 293 g/mol. The van der Waals surface area contributed by atoms with Crippen LogP contribution in [0.3, 0.4) is 0 Å². The van der Waals surface area contributed by atoms with Gasteiger partial charge in [0.2, 0.25) is 0 Å². The van der Waals surface area contributed by atoms with Gasteiger partial charge in [-0.1, -0.05) is 0 Å². The molecule has 0 radical (unpaired) electrons. The molecule has 0 heterocycles. The number of halogens is 1. The molecule has 0 unspecified atom stereocenters. The van der Waals surface area contributed by atoms with Gasteiger partial charge in [-0.25, -0.2) is 9.18 Å². The van der Waals surface area contributed by atoms with E-state index in [1.807, 2.05) is 0 Å². The molecule has 20 heavy (non-hydrogen) atoms. The summed E-state index contributed by atoms with van der Waals surface area (Å²) >= 11 is 0. The van der Waals surface area contributed by atoms with Crippen molar-refractivity contribution in [2.24, 2.45) is 5.29 Å². The van der Waals surface area contributed by atoms with Gasteiger partial charge in [0.25, 0.3) is 5.97 Å². The van der Waals surface area contributed by atoms with Gasteiger partial charge in [0.15, 0.2) is 0 Å². The molecule has 0 aliphatic heterocycles. The maximum absolute atomic E-state index is 12.0. The summed E-state index contributed by atoms with van der Waals surface area (Å²) in [5.41, 5.74) is 0. The van der Waals surface area contributed by atoms with Crippen LogP contribution >= 0.6 is 0 Å². The molecule has 1 aliphatic rings. The first kappa shape index (κ1) is 18.2. The second-order valence-electron chi connectivity index (χ2n) is 4.37. The van der Waals surface area contributed by atoms with Crippen LogP contribution in [-0.2, 0) is 4.79 Å². The number of urea groups is 1. The van der Waals surface area contributed by atoms with Crippen LogP contribution in [0.1, 0.15) is 32.6 Å². The Kier molecular flexibility index (Phi) is 9.18. The number of nitrogens with one attached hydrogen (secondary N) is 1. The van der Waals surface area contributed by atoms with E-state index >= 15 is 0 Å². The number of carboxylic acids is 1. The number of carbonyl (C=O) groups is 2. The van der Waals surface area contributed by atoms with E-state index in [2.05, 4.69) is 10.6 Å². The summed E-state index contributed by atoms with van der Waals surface area (Å²) in [6.07, 6.45) is 2.27. The van der Waals surface area contributed by atoms with Crippen LogP contribution in [0.25, 0.3) is 0 Å². The van der Waals surface area contributed by atoms with Gasteiger partial charge in [-0.05, 0) is 25.7 Å². The van der Waals surface area contributed by atoms with Crippen LogP contribution in [0, 0.1) is 4.91 Å². The fraction of sp³-hybridized carbons (Fsp3) is 0.818. The lowest BCUT2D eigenvalue weighted by Gasteiger charge is -2.27. The number of aliphatic hydroxyl groups is 1. The van der Waals surface area contributed by atoms with E-state index in [4.69, 9.17) is 9.90 Å². The number of amides is 2. The molecule has 1 fully saturated rings. The highest BCUT2D eigenvalue weighted by molar-refractivity contribution is 5.74. The third-order valence-corrected chi connectivity index (χ3v) is 2.65. The molecule has 0 aromatic heterocycles. The van der Waals surface area contributed by atoms with E-state index in [0.717, 1.165) is 6.92 Å². The predicted octanol–water partition coefficient (Wildman–Crippen LogP) is 1.04. The Morgan fingerprint density at radius 3 is 2.25 bits per heavy atom. The van der Waals surface area contributed by atoms with Crippen LogP contribution < -0.4 is 5.32 Å². The number of hydrogen-bond acceptors (Lipinski definition) is 5. The van der Waals surface area contributed by atoms with E-state index < -0.39 is 18.7 Å². The molecular weight excluding hydrogens is 273 g/mol. The highest BCUT2D eigenvalue weighted by Gasteiger charge is 2.23. The molecule has 1 saturated carbocycles. The third kappa shape index (κ3) is 8.35. The van der Waals surface area contributed by atoms with Gasteiger partial charge in [-0.3, -0.25) is 4.79 Å². The normalized spacial score (nSPS) is 21.1. The van der Waals surface area contributed by atoms with Crippen LogP contribution in [0.15, 0.2) is 5.29 Å². The Bertz CT molecular complexity index is 317. The fourth-order valence-corrected chi connectivity index (χ4v) is 1.73. The van der Waals surface area contributed by atoms with Crippen LogP contribution in [0.2, 0.25) is 0 Å². The van der Waals surface area contributed by atoms with Gasteiger partial charge in [-0.15, -0.1) is 4.91 Å². The minimum absolute atomic E-state index is 0.0697. The molecule has 1 rings (SSSR count). The number of carboxylic acid groups (broad SMARTS) is 1. The van der Waals surface area contributed by atoms with Gasteiger partial charge in [0.05, 0.1) is 17.9 Å². The van der Waals surface area contributed by atoms with Crippen molar-refractivity contribution in [1.29, 1.82) is 0 Å². The first-order valence-corrected chi connectivity index (χ1v) is 6.25. The van der Waals surface area contributed by atoms with Crippen molar-refractivity contribution >= 4 is 12.0 Å². The first-order chi connectivity index (χ1) is 9.40. The lowest BCUT2D eigenvalue weighted by atomic mass is 9.93. The molecular formula is C11H20FN3O5. The minimum atomic E-state index is -0.833. The summed E-state index contributed by atoms with van der Waals surface area (Å²) in [6, 6.07) is -0.742. The zero-order chi connectivity index (χ0) is 15.5. The second kappa shape index (κ2) is 10.1. The molecule has 2 amide bonds. The molecule has 9 heteroatoms. The quantitative estimate of drug-likeness (QED) is 0.528. The standard InChI is InChI=1S/C9H16FN3O3.C2H4O2/c10-5-6-13(12-16)9(15)11-7-1-3-8(14)4-2-7;1-2(3)4/h7-8,14H,1-6H2,(H,11,15);1H3,(H,3,4). The van der Waals surface area contributed by atoms with Crippen molar-refractivity contribution < 1.29 is 24.2 Å². The fourth-order valence-electron chi connectivity index (χ4n) is 1.73. The number of aliphatic hydroxyl groups excluding tert-OH is 1. The SMILES string of the molecule is CC(=O)O.O=NN(CCF)C(=O)NC1CCC(O)CC1. The van der Waals surface area contributed by atoms with Gasteiger partial charge in [0.1, 0.15) is 6.67 Å². The summed E-state index contributed by atoms with van der Waals surface area (Å²) in [7, 11) is 0. The van der Waals surface area contributed by atoms with Crippen LogP contribution in [0.4, 0.5) is 9.18 Å². The molecule has 0 atom stereocenters. The number of carbonyl (C=O) groups excluding carboxylic acids is 1. The average Bonchev–Trinajstić information content (AvgIpc) is 2.38. The first-order valence-electron chi connectivity index (χ1n) is 6.25. The van der Waals surface area contributed by atoms with E-state index in [1.54, 1.807) is 0 Å². The number of aliphatic carboxylic acids is 1. The number of nitroso groups, excluding NO2 is 1. The van der Waals surface area contributed by atoms with Crippen molar-refractivity contribution in [3.63, 3.8) is 0 Å². The molecule has 0 saturated heterocycles. The summed E-state index contributed by atoms with van der Waals surface area (Å²) in [4.78, 5) is 30.6. The Labute approximate surface area is 115 Å². The van der Waals surface area contributed by atoms with Crippen molar-refractivity contribution in [3.8, 4) is 0 Å². The minimum Gasteiger partial charge on any atom is -0.481 e. The lowest BCUT2D eigenvalue weighted by molar-refractivity contribution is -0.134. The molecule has 3 N–H and O–H groups in total. The zero-order valence-corrected chi connectivity index (χ0v) is 11.3. The molecule has 0 aromatic carbocycles. The Morgan fingerprint density at radius 2 is 1.85 bits per heavy atom. The van der Waals surface area contributed by atoms with Crippen molar-refractivity contribution in [1.82, 2.24) is 10.3 Å². The number of nitrogens with zero attached hydrogens (tertiary/aromatic N) is 2. The highest BCUT2D eigenvalue weighted by atomic mass is 19.1. The van der Waals surface area contributed by atoms with Gasteiger partial charge >= 0.3 is 6.03 Å². The van der Waals surface area contributed by atoms with Crippen molar-refractivity contribution in [2.45, 2.75) is 44.8 Å². The largest absolute Gasteiger partial charge is 0.481 e. The molecule has 8 nitrogen and oxygen atoms in total. The van der Waals surface area contributed by atoms with E-state index in [1.165, 1.54) is 0 Å². The van der Waals surface area contributed by atoms with Crippen LogP contribution in [0.5, 0.6) is 0 Å². The maximum atomic E-state index is 12.0. The van der Waals surface area contributed by atoms with Gasteiger partial charge in [-0.2, -0.15) is 5.01 Å². The smallest absolute Gasteiger partial charge is 0.340 e. The lowest BCUT2D eigenvalue weighted by Crippen LogP contribution is -2.44. The molecule has 0 bridgehead atoms. The molecule has 0 aromatic rings. The van der Waals surface area contributed by atoms with E-state index in [0.29, 0.717) is 30.7 Å². The van der Waals surface area contributed by atoms with Crippen molar-refractivity contribution in [3.05, 3.63) is 4.91 Å². The third-order valence-electron chi connectivity index (χ3n) is 2.65. The highest BCUT2D eigenvalue weighted by Crippen LogP contribution is 2.18. The maximum Gasteiger partial charge on any atom is 0.340 e. The zero-order valence-electron chi connectivity index (χ0n) is 11.3. The van der Waals surface area contributed by atoms with Gasteiger partial charge in [0, 0.05) is 13.0 Å². The number of rotatable bonds is 4. The predicted molar refractivity (Wildman–Crippen MR) is 68.6 cm³/mol. The van der Waals surface area contributed by atoms with E-state index in [9.17, 15) is 19.2 Å². The number of alkyl halides is 1. The number of hydrogen-bond donors (Lipinski definition) is 3. The summed E-state index contributed by atoms with van der Waals surface area (Å²) in [6.45, 7) is -0.0484. The molecule has 1 aliphatic carbocycles. The second-order valence-corrected chi connectivity index (χ2v) is 4.37. The average molecular weight is 293 g/mol. The molecule has 116 valence electrons. The van der Waals surface area contributed by atoms with Crippen molar-refractivity contribution in [2.75, 3.05) is 13.2 Å². The molecule has 0 spiro atoms. The van der Waals surface area contributed by atoms with E-state index in [-0.39, 0.29) is 18.7 Å².